The Morgan fingerprint density at radius 2 is 2.05 bits per heavy atom. The van der Waals surface area contributed by atoms with Crippen molar-refractivity contribution in [3.05, 3.63) is 0 Å². The molecule has 0 amide bonds. The van der Waals surface area contributed by atoms with Gasteiger partial charge in [-0.3, -0.25) is 5.01 Å². The van der Waals surface area contributed by atoms with Gasteiger partial charge in [-0.25, -0.2) is 0 Å². The van der Waals surface area contributed by atoms with E-state index in [0.29, 0.717) is 12.0 Å². The first-order valence-electron chi connectivity index (χ1n) is 8.61. The van der Waals surface area contributed by atoms with Crippen LogP contribution in [0, 0.1) is 5.92 Å². The van der Waals surface area contributed by atoms with Gasteiger partial charge in [0, 0.05) is 26.5 Å². The lowest BCUT2D eigenvalue weighted by atomic mass is 10.1. The van der Waals surface area contributed by atoms with Crippen LogP contribution < -0.4 is 0 Å². The van der Waals surface area contributed by atoms with E-state index in [4.69, 9.17) is 9.16 Å². The van der Waals surface area contributed by atoms with Gasteiger partial charge >= 0.3 is 0 Å². The molecule has 0 radical (unpaired) electrons. The maximum Gasteiger partial charge on any atom is 0.191 e. The van der Waals surface area contributed by atoms with Crippen LogP contribution in [-0.2, 0) is 9.16 Å². The molecule has 5 heteroatoms. The van der Waals surface area contributed by atoms with Gasteiger partial charge < -0.3 is 9.16 Å². The summed E-state index contributed by atoms with van der Waals surface area (Å²) in [5.41, 5.74) is 0. The highest BCUT2D eigenvalue weighted by atomic mass is 28.4. The molecule has 2 atom stereocenters. The van der Waals surface area contributed by atoms with Gasteiger partial charge in [0.15, 0.2) is 8.32 Å². The lowest BCUT2D eigenvalue weighted by molar-refractivity contribution is 0.118. The molecular formula is C17H36N2O2Si. The Bertz CT molecular complexity index is 353. The minimum absolute atomic E-state index is 0.285. The molecule has 0 aromatic carbocycles. The summed E-state index contributed by atoms with van der Waals surface area (Å²) in [6, 6.07) is 0.455. The molecule has 0 aromatic rings. The van der Waals surface area contributed by atoms with E-state index < -0.39 is 8.32 Å². The summed E-state index contributed by atoms with van der Waals surface area (Å²) in [5, 5.41) is 7.15. The third kappa shape index (κ3) is 6.01. The molecule has 0 bridgehead atoms. The summed E-state index contributed by atoms with van der Waals surface area (Å²) in [7, 11) is 0.151. The van der Waals surface area contributed by atoms with Crippen LogP contribution in [0.25, 0.3) is 0 Å². The summed E-state index contributed by atoms with van der Waals surface area (Å²) in [6.45, 7) is 16.4. The average molecular weight is 329 g/mol. The average Bonchev–Trinajstić information content (AvgIpc) is 2.83. The second-order valence-corrected chi connectivity index (χ2v) is 12.9. The first-order chi connectivity index (χ1) is 10.2. The van der Waals surface area contributed by atoms with Gasteiger partial charge in [0.05, 0.1) is 12.6 Å². The molecule has 1 saturated heterocycles. The fourth-order valence-corrected chi connectivity index (χ4v) is 3.39. The second kappa shape index (κ2) is 8.46. The monoisotopic (exact) mass is 328 g/mol. The van der Waals surface area contributed by atoms with Crippen molar-refractivity contribution in [1.29, 1.82) is 0 Å². The van der Waals surface area contributed by atoms with Crippen LogP contribution in [0.4, 0.5) is 0 Å². The molecule has 0 unspecified atom stereocenters. The zero-order chi connectivity index (χ0) is 16.8. The standard InChI is InChI=1S/C17H36N2O2Si/c1-15(10-12-21-22(6,7)17(2,3)4)13-18-19-11-8-9-16(19)14-20-5/h13,15-16H,8-12,14H2,1-7H3/b18-13-/t15-,16-/m0/s1. The van der Waals surface area contributed by atoms with Crippen LogP contribution in [0.5, 0.6) is 0 Å². The smallest absolute Gasteiger partial charge is 0.191 e. The van der Waals surface area contributed by atoms with Crippen LogP contribution >= 0.6 is 0 Å². The molecule has 1 aliphatic heterocycles. The van der Waals surface area contributed by atoms with Gasteiger partial charge in [-0.2, -0.15) is 5.10 Å². The minimum atomic E-state index is -1.61. The SMILES string of the molecule is COC[C@@H]1CCCN1/N=C\[C@@H](C)CCO[Si](C)(C)C(C)(C)C. The lowest BCUT2D eigenvalue weighted by Crippen LogP contribution is -2.41. The van der Waals surface area contributed by atoms with Crippen molar-refractivity contribution in [2.45, 2.75) is 71.1 Å². The molecule has 0 spiro atoms. The fraction of sp³-hybridized carbons (Fsp3) is 0.941. The van der Waals surface area contributed by atoms with Crippen LogP contribution in [-0.4, -0.2) is 52.5 Å². The molecule has 0 aromatic heterocycles. The Hall–Kier alpha value is -0.393. The van der Waals surface area contributed by atoms with E-state index in [9.17, 15) is 0 Å². The van der Waals surface area contributed by atoms with Crippen molar-refractivity contribution >= 4 is 14.5 Å². The Kier molecular flexibility index (Phi) is 7.55. The van der Waals surface area contributed by atoms with Crippen LogP contribution in [0.2, 0.25) is 18.1 Å². The van der Waals surface area contributed by atoms with Crippen LogP contribution in [0.3, 0.4) is 0 Å². The summed E-state index contributed by atoms with van der Waals surface area (Å²) in [4.78, 5) is 0. The third-order valence-corrected chi connectivity index (χ3v) is 9.56. The Balaban J connectivity index is 2.34. The van der Waals surface area contributed by atoms with Gasteiger partial charge in [0.2, 0.25) is 0 Å². The predicted molar refractivity (Wildman–Crippen MR) is 97.0 cm³/mol. The molecule has 0 N–H and O–H groups in total. The summed E-state index contributed by atoms with van der Waals surface area (Å²) in [5.74, 6) is 0.452. The number of nitrogens with zero attached hydrogens (tertiary/aromatic N) is 2. The molecule has 0 saturated carbocycles. The number of hydrazone groups is 1. The normalized spacial score (nSPS) is 21.8. The topological polar surface area (TPSA) is 34.1 Å². The Morgan fingerprint density at radius 1 is 1.36 bits per heavy atom. The number of hydrogen-bond acceptors (Lipinski definition) is 4. The molecule has 1 fully saturated rings. The Morgan fingerprint density at radius 3 is 2.64 bits per heavy atom. The van der Waals surface area contributed by atoms with E-state index in [0.717, 1.165) is 26.2 Å². The van der Waals surface area contributed by atoms with E-state index in [-0.39, 0.29) is 5.04 Å². The third-order valence-electron chi connectivity index (χ3n) is 5.02. The first-order valence-corrected chi connectivity index (χ1v) is 11.5. The van der Waals surface area contributed by atoms with E-state index in [1.807, 2.05) is 0 Å². The molecule has 1 heterocycles. The van der Waals surface area contributed by atoms with Gasteiger partial charge in [-0.1, -0.05) is 27.7 Å². The number of methoxy groups -OCH3 is 1. The van der Waals surface area contributed by atoms with Crippen molar-refractivity contribution in [3.63, 3.8) is 0 Å². The van der Waals surface area contributed by atoms with Gasteiger partial charge in [-0.05, 0) is 43.3 Å². The summed E-state index contributed by atoms with van der Waals surface area (Å²) < 4.78 is 11.5. The zero-order valence-corrected chi connectivity index (χ0v) is 16.7. The predicted octanol–water partition coefficient (Wildman–Crippen LogP) is 4.13. The molecule has 1 aliphatic rings. The molecule has 22 heavy (non-hydrogen) atoms. The van der Waals surface area contributed by atoms with Gasteiger partial charge in [0.1, 0.15) is 0 Å². The highest BCUT2D eigenvalue weighted by Crippen LogP contribution is 2.36. The van der Waals surface area contributed by atoms with Crippen molar-refractivity contribution in [3.8, 4) is 0 Å². The minimum Gasteiger partial charge on any atom is -0.417 e. The van der Waals surface area contributed by atoms with E-state index >= 15 is 0 Å². The summed E-state index contributed by atoms with van der Waals surface area (Å²) in [6.07, 6.45) is 5.53. The van der Waals surface area contributed by atoms with Crippen molar-refractivity contribution in [1.82, 2.24) is 5.01 Å². The molecule has 4 nitrogen and oxygen atoms in total. The van der Waals surface area contributed by atoms with Crippen LogP contribution in [0.15, 0.2) is 5.10 Å². The number of ether oxygens (including phenoxy) is 1. The van der Waals surface area contributed by atoms with Crippen molar-refractivity contribution in [2.24, 2.45) is 11.0 Å². The van der Waals surface area contributed by atoms with Crippen molar-refractivity contribution < 1.29 is 9.16 Å². The maximum absolute atomic E-state index is 6.24. The highest BCUT2D eigenvalue weighted by molar-refractivity contribution is 6.74. The highest BCUT2D eigenvalue weighted by Gasteiger charge is 2.36. The van der Waals surface area contributed by atoms with E-state index in [1.54, 1.807) is 7.11 Å². The second-order valence-electron chi connectivity index (χ2n) is 8.05. The molecule has 1 rings (SSSR count). The Labute approximate surface area is 138 Å². The van der Waals surface area contributed by atoms with Gasteiger partial charge in [0.25, 0.3) is 0 Å². The number of hydrogen-bond donors (Lipinski definition) is 0. The molecular weight excluding hydrogens is 292 g/mol. The summed E-state index contributed by atoms with van der Waals surface area (Å²) >= 11 is 0. The number of rotatable bonds is 8. The lowest BCUT2D eigenvalue weighted by Gasteiger charge is -2.36. The molecule has 0 aliphatic carbocycles. The van der Waals surface area contributed by atoms with E-state index in [1.165, 1.54) is 12.8 Å². The fourth-order valence-electron chi connectivity index (χ4n) is 2.32. The quantitative estimate of drug-likeness (QED) is 0.496. The van der Waals surface area contributed by atoms with Crippen molar-refractivity contribution in [2.75, 3.05) is 26.9 Å². The van der Waals surface area contributed by atoms with E-state index in [2.05, 4.69) is 57.1 Å². The largest absolute Gasteiger partial charge is 0.417 e. The van der Waals surface area contributed by atoms with Gasteiger partial charge in [-0.15, -0.1) is 0 Å². The maximum atomic E-state index is 6.24. The van der Waals surface area contributed by atoms with Crippen LogP contribution in [0.1, 0.15) is 47.0 Å². The first kappa shape index (κ1) is 19.7. The molecule has 130 valence electrons. The zero-order valence-electron chi connectivity index (χ0n) is 15.7.